The Bertz CT molecular complexity index is 734. The van der Waals surface area contributed by atoms with E-state index in [0.29, 0.717) is 5.82 Å². The van der Waals surface area contributed by atoms with Crippen LogP contribution in [0, 0.1) is 17.0 Å². The Morgan fingerprint density at radius 2 is 2.23 bits per heavy atom. The predicted octanol–water partition coefficient (Wildman–Crippen LogP) is 1.54. The molecule has 0 bridgehead atoms. The zero-order chi connectivity index (χ0) is 15.6. The number of phenolic OH excluding ortho intramolecular Hbond substituents is 1. The maximum Gasteiger partial charge on any atom is 0.271 e. The quantitative estimate of drug-likeness (QED) is 0.310. The average Bonchev–Trinajstić information content (AvgIpc) is 2.75. The Morgan fingerprint density at radius 1 is 1.55 bits per heavy atom. The lowest BCUT2D eigenvalue weighted by Crippen LogP contribution is -2.13. The van der Waals surface area contributed by atoms with Crippen LogP contribution in [-0.4, -0.2) is 31.1 Å². The van der Waals surface area contributed by atoms with Crippen LogP contribution in [0.4, 0.5) is 11.6 Å². The van der Waals surface area contributed by atoms with Crippen molar-refractivity contribution in [2.75, 3.05) is 11.3 Å². The zero-order valence-corrected chi connectivity index (χ0v) is 13.5. The summed E-state index contributed by atoms with van der Waals surface area (Å²) in [5.74, 6) is 6.11. The van der Waals surface area contributed by atoms with Gasteiger partial charge in [0, 0.05) is 17.7 Å². The smallest absolute Gasteiger partial charge is 0.271 e. The molecule has 1 heterocycles. The number of anilines is 1. The van der Waals surface area contributed by atoms with Crippen molar-refractivity contribution in [3.8, 4) is 5.75 Å². The molecule has 1 aromatic heterocycles. The van der Waals surface area contributed by atoms with Gasteiger partial charge >= 0.3 is 0 Å². The highest BCUT2D eigenvalue weighted by Gasteiger charge is 2.13. The molecule has 2 aromatic rings. The van der Waals surface area contributed by atoms with Gasteiger partial charge in [0.15, 0.2) is 5.82 Å². The number of non-ortho nitro benzene ring substituents is 1. The molecule has 10 nitrogen and oxygen atoms in total. The molecule has 0 fully saturated rings. The lowest BCUT2D eigenvalue weighted by molar-refractivity contribution is -0.385. The molecule has 0 amide bonds. The van der Waals surface area contributed by atoms with Gasteiger partial charge in [0.25, 0.3) is 11.6 Å². The van der Waals surface area contributed by atoms with Crippen LogP contribution < -0.4 is 11.3 Å². The monoisotopic (exact) mass is 391 g/mol. The molecule has 0 aliphatic carbocycles. The van der Waals surface area contributed by atoms with E-state index in [0.717, 1.165) is 0 Å². The number of aromatic hydroxyl groups is 1. The van der Waals surface area contributed by atoms with Gasteiger partial charge in [0.05, 0.1) is 15.6 Å². The molecular weight excluding hydrogens is 382 g/mol. The molecule has 12 heteroatoms. The summed E-state index contributed by atoms with van der Waals surface area (Å²) < 4.78 is 1.37. The maximum atomic E-state index is 10.8. The van der Waals surface area contributed by atoms with Crippen molar-refractivity contribution in [2.45, 2.75) is 6.92 Å². The minimum absolute atomic E-state index is 0. The first kappa shape index (κ1) is 17.7. The predicted molar refractivity (Wildman–Crippen MR) is 85.8 cm³/mol. The second kappa shape index (κ2) is 7.04. The molecule has 1 aromatic carbocycles. The highest BCUT2D eigenvalue weighted by Crippen LogP contribution is 2.31. The number of halogens is 2. The molecule has 0 aliphatic heterocycles. The molecule has 0 spiro atoms. The van der Waals surface area contributed by atoms with E-state index in [1.807, 2.05) is 0 Å². The number of nitro benzene ring substituents is 1. The first-order chi connectivity index (χ1) is 9.90. The van der Waals surface area contributed by atoms with Crippen molar-refractivity contribution < 1.29 is 10.0 Å². The van der Waals surface area contributed by atoms with Crippen LogP contribution in [0.5, 0.6) is 5.75 Å². The van der Waals surface area contributed by atoms with Crippen LogP contribution in [0.3, 0.4) is 0 Å². The number of nitro groups is 1. The molecule has 0 saturated carbocycles. The number of rotatable bonds is 4. The standard InChI is InChI=1S/C10H10BrN7O3.ClH/c1-5-14-16-10(17(5)12)15-13-4-6-2-7(18(20)21)3-8(11)9(6)19;/h2-4,19H,12H2,1H3,(H,15,16);1H. The van der Waals surface area contributed by atoms with Crippen LogP contribution >= 0.6 is 28.3 Å². The van der Waals surface area contributed by atoms with E-state index >= 15 is 0 Å². The lowest BCUT2D eigenvalue weighted by atomic mass is 10.2. The van der Waals surface area contributed by atoms with Gasteiger partial charge in [-0.1, -0.05) is 0 Å². The highest BCUT2D eigenvalue weighted by atomic mass is 79.9. The fourth-order valence-corrected chi connectivity index (χ4v) is 1.88. The number of aromatic nitrogens is 3. The van der Waals surface area contributed by atoms with Crippen LogP contribution in [0.15, 0.2) is 21.7 Å². The summed E-state index contributed by atoms with van der Waals surface area (Å²) in [6, 6.07) is 2.38. The summed E-state index contributed by atoms with van der Waals surface area (Å²) >= 11 is 3.03. The Labute approximate surface area is 138 Å². The van der Waals surface area contributed by atoms with Crippen molar-refractivity contribution in [1.82, 2.24) is 14.9 Å². The van der Waals surface area contributed by atoms with Gasteiger partial charge in [-0.25, -0.2) is 10.1 Å². The van der Waals surface area contributed by atoms with Crippen LogP contribution in [0.25, 0.3) is 0 Å². The molecule has 22 heavy (non-hydrogen) atoms. The summed E-state index contributed by atoms with van der Waals surface area (Å²) in [7, 11) is 0. The van der Waals surface area contributed by atoms with Gasteiger partial charge in [0.2, 0.25) is 0 Å². The molecule has 0 aliphatic rings. The number of nitrogen functional groups attached to an aromatic ring is 1. The number of aryl methyl sites for hydroxylation is 1. The Kier molecular flexibility index (Phi) is 5.65. The van der Waals surface area contributed by atoms with Crippen LogP contribution in [0.2, 0.25) is 0 Å². The number of hydrogen-bond donors (Lipinski definition) is 3. The number of nitrogens with two attached hydrogens (primary N) is 1. The maximum absolute atomic E-state index is 10.8. The molecular formula is C10H11BrClN7O3. The fraction of sp³-hybridized carbons (Fsp3) is 0.100. The van der Waals surface area contributed by atoms with E-state index in [2.05, 4.69) is 36.7 Å². The van der Waals surface area contributed by atoms with E-state index in [-0.39, 0.29) is 39.8 Å². The van der Waals surface area contributed by atoms with Gasteiger partial charge in [-0.3, -0.25) is 10.1 Å². The third kappa shape index (κ3) is 3.62. The molecule has 0 radical (unpaired) electrons. The lowest BCUT2D eigenvalue weighted by Gasteiger charge is -2.02. The second-order valence-corrected chi connectivity index (χ2v) is 4.79. The number of hydrazone groups is 1. The van der Waals surface area contributed by atoms with Crippen molar-refractivity contribution in [1.29, 1.82) is 0 Å². The van der Waals surface area contributed by atoms with Gasteiger partial charge in [-0.15, -0.1) is 22.6 Å². The molecule has 4 N–H and O–H groups in total. The summed E-state index contributed by atoms with van der Waals surface area (Å²) in [6.07, 6.45) is 1.21. The molecule has 0 atom stereocenters. The molecule has 2 rings (SSSR count). The Hall–Kier alpha value is -2.40. The third-order valence-corrected chi connectivity index (χ3v) is 3.13. The largest absolute Gasteiger partial charge is 0.506 e. The van der Waals surface area contributed by atoms with Crippen molar-refractivity contribution in [2.24, 2.45) is 5.10 Å². The minimum atomic E-state index is -0.575. The van der Waals surface area contributed by atoms with Crippen LogP contribution in [-0.2, 0) is 0 Å². The van der Waals surface area contributed by atoms with E-state index in [9.17, 15) is 15.2 Å². The minimum Gasteiger partial charge on any atom is -0.506 e. The third-order valence-electron chi connectivity index (χ3n) is 2.52. The van der Waals surface area contributed by atoms with Gasteiger partial charge in [-0.2, -0.15) is 5.10 Å². The van der Waals surface area contributed by atoms with Gasteiger partial charge < -0.3 is 10.9 Å². The van der Waals surface area contributed by atoms with Crippen molar-refractivity contribution >= 4 is 46.2 Å². The first-order valence-electron chi connectivity index (χ1n) is 5.53. The second-order valence-electron chi connectivity index (χ2n) is 3.93. The zero-order valence-electron chi connectivity index (χ0n) is 11.1. The number of benzene rings is 1. The first-order valence-corrected chi connectivity index (χ1v) is 6.32. The van der Waals surface area contributed by atoms with Gasteiger partial charge in [-0.05, 0) is 22.9 Å². The SMILES string of the molecule is Cc1nnc(NN=Cc2cc([N+](=O)[O-])cc(Br)c2O)n1N.Cl. The summed E-state index contributed by atoms with van der Waals surface area (Å²) in [5, 5.41) is 31.8. The van der Waals surface area contributed by atoms with E-state index in [1.54, 1.807) is 6.92 Å². The normalized spacial score (nSPS) is 10.5. The van der Waals surface area contributed by atoms with E-state index in [4.69, 9.17) is 5.84 Å². The van der Waals surface area contributed by atoms with Crippen molar-refractivity contribution in [3.05, 3.63) is 38.1 Å². The summed E-state index contributed by atoms with van der Waals surface area (Å²) in [5.41, 5.74) is 2.49. The Balaban J connectivity index is 0.00000242. The van der Waals surface area contributed by atoms with Crippen LogP contribution in [0.1, 0.15) is 11.4 Å². The highest BCUT2D eigenvalue weighted by molar-refractivity contribution is 9.10. The number of nitrogens with zero attached hydrogens (tertiary/aromatic N) is 5. The topological polar surface area (TPSA) is 144 Å². The van der Waals surface area contributed by atoms with Gasteiger partial charge in [0.1, 0.15) is 5.75 Å². The summed E-state index contributed by atoms with van der Waals surface area (Å²) in [6.45, 7) is 1.66. The summed E-state index contributed by atoms with van der Waals surface area (Å²) in [4.78, 5) is 10.2. The van der Waals surface area contributed by atoms with E-state index < -0.39 is 4.92 Å². The van der Waals surface area contributed by atoms with E-state index in [1.165, 1.54) is 23.0 Å². The average molecular weight is 393 g/mol. The molecule has 0 unspecified atom stereocenters. The Morgan fingerprint density at radius 3 is 2.77 bits per heavy atom. The molecule has 118 valence electrons. The molecule has 0 saturated heterocycles. The fourth-order valence-electron chi connectivity index (χ4n) is 1.41. The van der Waals surface area contributed by atoms with Crippen molar-refractivity contribution in [3.63, 3.8) is 0 Å². The number of phenols is 1. The number of hydrogen-bond acceptors (Lipinski definition) is 8. The number of nitrogens with one attached hydrogen (secondary N) is 1.